The molecular weight excluding hydrogens is 624 g/mol. The van der Waals surface area contributed by atoms with Gasteiger partial charge < -0.3 is 10.6 Å². The van der Waals surface area contributed by atoms with Crippen LogP contribution in [-0.4, -0.2) is 52.2 Å². The SMILES string of the molecule is CC#CCN1CCN(c2c(C#N)c(=O)n(-c3c(C)ccnc3C(C)C)c3ncc(Cl)c(-c4c(N)c(Cl)cc(Cl)c4F)c23)CC1. The molecule has 0 saturated carbocycles. The van der Waals surface area contributed by atoms with E-state index in [2.05, 4.69) is 32.8 Å². The van der Waals surface area contributed by atoms with Crippen LogP contribution in [-0.2, 0) is 0 Å². The van der Waals surface area contributed by atoms with Gasteiger partial charge in [-0.1, -0.05) is 54.6 Å². The van der Waals surface area contributed by atoms with E-state index in [0.29, 0.717) is 44.1 Å². The number of fused-ring (bicyclic) bond motifs is 1. The molecule has 5 rings (SSSR count). The highest BCUT2D eigenvalue weighted by molar-refractivity contribution is 6.39. The number of benzene rings is 1. The fraction of sp³-hybridized carbons (Fsp3) is 0.312. The van der Waals surface area contributed by atoms with Crippen LogP contribution in [0.4, 0.5) is 15.8 Å². The first kappa shape index (κ1) is 31.6. The summed E-state index contributed by atoms with van der Waals surface area (Å²) in [5.74, 6) is 5.07. The Morgan fingerprint density at radius 2 is 1.77 bits per heavy atom. The number of hydrogen-bond acceptors (Lipinski definition) is 7. The second-order valence-electron chi connectivity index (χ2n) is 10.8. The molecule has 226 valence electrons. The summed E-state index contributed by atoms with van der Waals surface area (Å²) in [7, 11) is 0. The quantitative estimate of drug-likeness (QED) is 0.148. The summed E-state index contributed by atoms with van der Waals surface area (Å²) in [5, 5.41) is 10.7. The Balaban J connectivity index is 1.98. The minimum absolute atomic E-state index is 0.0265. The number of aromatic nitrogens is 3. The highest BCUT2D eigenvalue weighted by Crippen LogP contribution is 2.47. The minimum atomic E-state index is -0.839. The van der Waals surface area contributed by atoms with E-state index >= 15 is 4.39 Å². The first-order valence-corrected chi connectivity index (χ1v) is 15.1. The number of pyridine rings is 3. The monoisotopic (exact) mass is 651 g/mol. The van der Waals surface area contributed by atoms with E-state index in [-0.39, 0.29) is 60.1 Å². The molecule has 0 bridgehead atoms. The number of piperazine rings is 1. The van der Waals surface area contributed by atoms with Crippen molar-refractivity contribution in [2.75, 3.05) is 43.4 Å². The zero-order valence-electron chi connectivity index (χ0n) is 24.6. The zero-order valence-corrected chi connectivity index (χ0v) is 26.9. The molecule has 44 heavy (non-hydrogen) atoms. The van der Waals surface area contributed by atoms with Gasteiger partial charge in [0.05, 0.1) is 49.8 Å². The van der Waals surface area contributed by atoms with Gasteiger partial charge in [0, 0.05) is 49.7 Å². The molecular formula is C32H29Cl3FN7O. The lowest BCUT2D eigenvalue weighted by Gasteiger charge is -2.36. The lowest BCUT2D eigenvalue weighted by atomic mass is 9.96. The van der Waals surface area contributed by atoms with Gasteiger partial charge in [0.1, 0.15) is 17.3 Å². The van der Waals surface area contributed by atoms with Crippen LogP contribution in [0.2, 0.25) is 15.1 Å². The molecule has 1 aromatic carbocycles. The number of nitrogen functional groups attached to an aromatic ring is 1. The Kier molecular flexibility index (Phi) is 9.06. The lowest BCUT2D eigenvalue weighted by Crippen LogP contribution is -2.47. The van der Waals surface area contributed by atoms with Crippen molar-refractivity contribution in [2.24, 2.45) is 0 Å². The van der Waals surface area contributed by atoms with Crippen LogP contribution in [0, 0.1) is 35.9 Å². The van der Waals surface area contributed by atoms with E-state index in [4.69, 9.17) is 40.5 Å². The molecule has 0 unspecified atom stereocenters. The molecule has 0 radical (unpaired) electrons. The largest absolute Gasteiger partial charge is 0.397 e. The highest BCUT2D eigenvalue weighted by atomic mass is 35.5. The molecule has 3 aromatic heterocycles. The molecule has 0 amide bonds. The van der Waals surface area contributed by atoms with Crippen LogP contribution < -0.4 is 16.2 Å². The van der Waals surface area contributed by atoms with E-state index in [9.17, 15) is 10.1 Å². The number of anilines is 2. The molecule has 2 N–H and O–H groups in total. The molecule has 8 nitrogen and oxygen atoms in total. The van der Waals surface area contributed by atoms with Gasteiger partial charge in [-0.05, 0) is 37.5 Å². The van der Waals surface area contributed by atoms with Crippen LogP contribution in [0.3, 0.4) is 0 Å². The normalized spacial score (nSPS) is 13.7. The number of nitrogens with two attached hydrogens (primary N) is 1. The smallest absolute Gasteiger partial charge is 0.276 e. The zero-order chi connectivity index (χ0) is 31.9. The summed E-state index contributed by atoms with van der Waals surface area (Å²) in [6, 6.07) is 5.15. The molecule has 1 aliphatic heterocycles. The number of halogens is 4. The molecule has 1 aliphatic rings. The third-order valence-electron chi connectivity index (χ3n) is 7.78. The van der Waals surface area contributed by atoms with Gasteiger partial charge >= 0.3 is 0 Å². The van der Waals surface area contributed by atoms with Gasteiger partial charge in [0.15, 0.2) is 5.82 Å². The van der Waals surface area contributed by atoms with E-state index < -0.39 is 11.4 Å². The molecule has 4 aromatic rings. The maximum atomic E-state index is 16.0. The van der Waals surface area contributed by atoms with Crippen LogP contribution >= 0.6 is 34.8 Å². The predicted molar refractivity (Wildman–Crippen MR) is 176 cm³/mol. The molecule has 1 fully saturated rings. The van der Waals surface area contributed by atoms with Crippen molar-refractivity contribution in [3.63, 3.8) is 0 Å². The number of rotatable bonds is 5. The molecule has 12 heteroatoms. The van der Waals surface area contributed by atoms with Crippen molar-refractivity contribution in [1.29, 1.82) is 5.26 Å². The van der Waals surface area contributed by atoms with Crippen LogP contribution in [0.1, 0.15) is 43.5 Å². The maximum Gasteiger partial charge on any atom is 0.276 e. The number of nitrogens with zero attached hydrogens (tertiary/aromatic N) is 6. The topological polar surface area (TPSA) is 104 Å². The van der Waals surface area contributed by atoms with Crippen molar-refractivity contribution in [2.45, 2.75) is 33.6 Å². The summed E-state index contributed by atoms with van der Waals surface area (Å²) in [4.78, 5) is 27.8. The fourth-order valence-corrected chi connectivity index (χ4v) is 6.34. The van der Waals surface area contributed by atoms with E-state index in [1.54, 1.807) is 19.2 Å². The summed E-state index contributed by atoms with van der Waals surface area (Å²) in [6.45, 7) is 10.3. The van der Waals surface area contributed by atoms with Gasteiger partial charge in [-0.25, -0.2) is 9.37 Å². The Bertz CT molecular complexity index is 1940. The van der Waals surface area contributed by atoms with E-state index in [0.717, 1.165) is 5.56 Å². The third-order valence-corrected chi connectivity index (χ3v) is 8.65. The molecule has 4 heterocycles. The summed E-state index contributed by atoms with van der Waals surface area (Å²) < 4.78 is 17.3. The molecule has 1 saturated heterocycles. The summed E-state index contributed by atoms with van der Waals surface area (Å²) >= 11 is 19.5. The van der Waals surface area contributed by atoms with Crippen molar-refractivity contribution in [3.05, 3.63) is 72.6 Å². The maximum absolute atomic E-state index is 16.0. The average molecular weight is 653 g/mol. The van der Waals surface area contributed by atoms with E-state index in [1.165, 1.54) is 16.8 Å². The second kappa shape index (κ2) is 12.6. The van der Waals surface area contributed by atoms with E-state index in [1.807, 2.05) is 25.7 Å². The van der Waals surface area contributed by atoms with Gasteiger partial charge in [0.25, 0.3) is 5.56 Å². The molecule has 0 atom stereocenters. The van der Waals surface area contributed by atoms with Crippen LogP contribution in [0.5, 0.6) is 0 Å². The third kappa shape index (κ3) is 5.35. The Morgan fingerprint density at radius 3 is 2.41 bits per heavy atom. The van der Waals surface area contributed by atoms with Gasteiger partial charge in [-0.3, -0.25) is 19.2 Å². The second-order valence-corrected chi connectivity index (χ2v) is 12.0. The minimum Gasteiger partial charge on any atom is -0.397 e. The first-order chi connectivity index (χ1) is 21.0. The van der Waals surface area contributed by atoms with Crippen molar-refractivity contribution in [3.8, 4) is 34.7 Å². The predicted octanol–water partition coefficient (Wildman–Crippen LogP) is 6.58. The number of aryl methyl sites for hydroxylation is 1. The van der Waals surface area contributed by atoms with Crippen LogP contribution in [0.15, 0.2) is 29.3 Å². The summed E-state index contributed by atoms with van der Waals surface area (Å²) in [6.07, 6.45) is 3.00. The number of nitriles is 1. The van der Waals surface area contributed by atoms with Crippen molar-refractivity contribution in [1.82, 2.24) is 19.4 Å². The lowest BCUT2D eigenvalue weighted by molar-refractivity contribution is 0.288. The Labute approximate surface area is 269 Å². The van der Waals surface area contributed by atoms with Gasteiger partial charge in [0.2, 0.25) is 0 Å². The number of hydrogen-bond donors (Lipinski definition) is 1. The molecule has 0 aliphatic carbocycles. The van der Waals surface area contributed by atoms with Crippen molar-refractivity contribution < 1.29 is 4.39 Å². The van der Waals surface area contributed by atoms with Gasteiger partial charge in [-0.2, -0.15) is 5.26 Å². The van der Waals surface area contributed by atoms with Crippen molar-refractivity contribution >= 4 is 57.2 Å². The fourth-order valence-electron chi connectivity index (χ4n) is 5.63. The highest BCUT2D eigenvalue weighted by Gasteiger charge is 2.32. The molecule has 0 spiro atoms. The Morgan fingerprint density at radius 1 is 1.07 bits per heavy atom. The van der Waals surface area contributed by atoms with Crippen LogP contribution in [0.25, 0.3) is 27.8 Å². The standard InChI is InChI=1S/C32H29Cl3FN7O/c1-5-6-9-41-10-12-42(13-11-41)30-19(15-37)32(44)43(29-18(4)7-8-39-28(29)17(2)3)31-25(30)23(22(35)16-40-31)24-26(36)20(33)14-21(34)27(24)38/h7-8,14,16-17H,9-13,38H2,1-4H3. The summed E-state index contributed by atoms with van der Waals surface area (Å²) in [5.41, 5.74) is 7.88. The average Bonchev–Trinajstić information content (AvgIpc) is 3.00. The van der Waals surface area contributed by atoms with Gasteiger partial charge in [-0.15, -0.1) is 5.92 Å². The first-order valence-electron chi connectivity index (χ1n) is 13.9. The Hall–Kier alpha value is -3.86.